The lowest BCUT2D eigenvalue weighted by atomic mass is 10.4. The van der Waals surface area contributed by atoms with Crippen molar-refractivity contribution in [2.75, 3.05) is 7.11 Å². The number of methoxy groups -OCH3 is 1. The summed E-state index contributed by atoms with van der Waals surface area (Å²) in [6.07, 6.45) is 2.38. The van der Waals surface area contributed by atoms with E-state index >= 15 is 0 Å². The highest BCUT2D eigenvalue weighted by atomic mass is 16.5. The molecule has 0 fully saturated rings. The molecule has 5 heteroatoms. The first-order valence-corrected chi connectivity index (χ1v) is 5.73. The van der Waals surface area contributed by atoms with Crippen molar-refractivity contribution in [1.82, 2.24) is 15.0 Å². The Morgan fingerprint density at radius 1 is 1.17 bits per heavy atom. The number of nitrogens with zero attached hydrogens (tertiary/aromatic N) is 3. The summed E-state index contributed by atoms with van der Waals surface area (Å²) in [6, 6.07) is 5.32. The normalized spacial score (nSPS) is 10.2. The smallest absolute Gasteiger partial charge is 0.222 e. The topological polar surface area (TPSA) is 57.1 Å². The average molecular weight is 245 g/mol. The Morgan fingerprint density at radius 2 is 2.00 bits per heavy atom. The number of hydrogen-bond donors (Lipinski definition) is 0. The molecule has 0 amide bonds. The predicted molar refractivity (Wildman–Crippen MR) is 67.0 cm³/mol. The van der Waals surface area contributed by atoms with Crippen LogP contribution in [0.2, 0.25) is 0 Å². The van der Waals surface area contributed by atoms with Gasteiger partial charge >= 0.3 is 0 Å². The minimum Gasteiger partial charge on any atom is -0.481 e. The molecule has 94 valence electrons. The van der Waals surface area contributed by atoms with Crippen LogP contribution in [0.3, 0.4) is 0 Å². The zero-order chi connectivity index (χ0) is 13.0. The van der Waals surface area contributed by atoms with Crippen molar-refractivity contribution in [2.24, 2.45) is 0 Å². The van der Waals surface area contributed by atoms with Crippen molar-refractivity contribution in [1.29, 1.82) is 0 Å². The highest BCUT2D eigenvalue weighted by Crippen LogP contribution is 2.20. The highest BCUT2D eigenvalue weighted by Gasteiger charge is 2.04. The van der Waals surface area contributed by atoms with E-state index in [1.165, 1.54) is 0 Å². The zero-order valence-corrected chi connectivity index (χ0v) is 10.7. The Labute approximate surface area is 106 Å². The fourth-order valence-corrected chi connectivity index (χ4v) is 1.48. The molecule has 2 aromatic heterocycles. The van der Waals surface area contributed by atoms with E-state index in [0.29, 0.717) is 17.5 Å². The van der Waals surface area contributed by atoms with Crippen LogP contribution in [0, 0.1) is 6.92 Å². The number of ether oxygens (including phenoxy) is 2. The van der Waals surface area contributed by atoms with Crippen LogP contribution in [0.15, 0.2) is 24.4 Å². The third kappa shape index (κ3) is 2.94. The number of pyridine rings is 1. The molecule has 0 saturated heterocycles. The summed E-state index contributed by atoms with van der Waals surface area (Å²) >= 11 is 0. The van der Waals surface area contributed by atoms with Gasteiger partial charge in [0.1, 0.15) is 11.6 Å². The number of aromatic nitrogens is 3. The van der Waals surface area contributed by atoms with E-state index in [4.69, 9.17) is 9.47 Å². The van der Waals surface area contributed by atoms with Crippen LogP contribution in [0.5, 0.6) is 17.5 Å². The van der Waals surface area contributed by atoms with Gasteiger partial charge in [0.2, 0.25) is 11.8 Å². The molecular weight excluding hydrogens is 230 g/mol. The van der Waals surface area contributed by atoms with Crippen LogP contribution in [0.1, 0.15) is 18.4 Å². The van der Waals surface area contributed by atoms with Gasteiger partial charge in [0.15, 0.2) is 0 Å². The molecule has 0 unspecified atom stereocenters. The van der Waals surface area contributed by atoms with Gasteiger partial charge in [-0.3, -0.25) is 0 Å². The second-order valence-corrected chi connectivity index (χ2v) is 3.76. The van der Waals surface area contributed by atoms with Gasteiger partial charge in [-0.2, -0.15) is 4.98 Å². The minimum atomic E-state index is 0.534. The van der Waals surface area contributed by atoms with Crippen molar-refractivity contribution in [3.05, 3.63) is 35.9 Å². The molecular formula is C13H15N3O2. The van der Waals surface area contributed by atoms with Crippen molar-refractivity contribution >= 4 is 0 Å². The maximum absolute atomic E-state index is 5.63. The molecule has 2 heterocycles. The fourth-order valence-electron chi connectivity index (χ4n) is 1.48. The minimum absolute atomic E-state index is 0.534. The number of rotatable bonds is 4. The molecule has 0 aromatic carbocycles. The summed E-state index contributed by atoms with van der Waals surface area (Å²) in [5, 5.41) is 0. The lowest BCUT2D eigenvalue weighted by Gasteiger charge is -2.07. The summed E-state index contributed by atoms with van der Waals surface area (Å²) in [5.74, 6) is 2.48. The van der Waals surface area contributed by atoms with E-state index in [9.17, 15) is 0 Å². The maximum atomic E-state index is 5.63. The van der Waals surface area contributed by atoms with E-state index < -0.39 is 0 Å². The summed E-state index contributed by atoms with van der Waals surface area (Å²) in [4.78, 5) is 12.7. The molecule has 18 heavy (non-hydrogen) atoms. The lowest BCUT2D eigenvalue weighted by molar-refractivity contribution is 0.394. The Morgan fingerprint density at radius 3 is 2.61 bits per heavy atom. The second kappa shape index (κ2) is 5.44. The molecule has 2 aromatic rings. The molecule has 0 aliphatic carbocycles. The molecule has 0 bridgehead atoms. The standard InChI is InChI=1S/C13H15N3O2/c1-4-11-15-9(2)7-13(16-11)18-10-5-6-12(17-3)14-8-10/h5-8H,4H2,1-3H3. The summed E-state index contributed by atoms with van der Waals surface area (Å²) < 4.78 is 10.6. The van der Waals surface area contributed by atoms with Gasteiger partial charge in [-0.1, -0.05) is 6.92 Å². The molecule has 0 aliphatic rings. The van der Waals surface area contributed by atoms with Crippen LogP contribution in [-0.4, -0.2) is 22.1 Å². The SMILES string of the molecule is CCc1nc(C)cc(Oc2ccc(OC)nc2)n1. The predicted octanol–water partition coefficient (Wildman–Crippen LogP) is 2.54. The zero-order valence-electron chi connectivity index (χ0n) is 10.7. The largest absolute Gasteiger partial charge is 0.481 e. The van der Waals surface area contributed by atoms with Crippen LogP contribution in [0.4, 0.5) is 0 Å². The van der Waals surface area contributed by atoms with Gasteiger partial charge in [-0.05, 0) is 13.0 Å². The monoisotopic (exact) mass is 245 g/mol. The quantitative estimate of drug-likeness (QED) is 0.828. The van der Waals surface area contributed by atoms with Crippen molar-refractivity contribution in [3.8, 4) is 17.5 Å². The van der Waals surface area contributed by atoms with Gasteiger partial charge in [0.05, 0.1) is 13.3 Å². The van der Waals surface area contributed by atoms with Crippen molar-refractivity contribution in [2.45, 2.75) is 20.3 Å². The number of aryl methyl sites for hydroxylation is 2. The van der Waals surface area contributed by atoms with E-state index in [2.05, 4.69) is 15.0 Å². The molecule has 0 saturated carbocycles. The molecule has 0 radical (unpaired) electrons. The van der Waals surface area contributed by atoms with Gasteiger partial charge in [-0.25, -0.2) is 9.97 Å². The highest BCUT2D eigenvalue weighted by molar-refractivity contribution is 5.27. The summed E-state index contributed by atoms with van der Waals surface area (Å²) in [6.45, 7) is 3.92. The molecule has 5 nitrogen and oxygen atoms in total. The first kappa shape index (κ1) is 12.3. The first-order chi connectivity index (χ1) is 8.71. The first-order valence-electron chi connectivity index (χ1n) is 5.73. The molecule has 0 N–H and O–H groups in total. The Hall–Kier alpha value is -2.17. The van der Waals surface area contributed by atoms with E-state index in [1.54, 1.807) is 31.5 Å². The van der Waals surface area contributed by atoms with Crippen LogP contribution in [-0.2, 0) is 6.42 Å². The molecule has 0 aliphatic heterocycles. The van der Waals surface area contributed by atoms with Gasteiger partial charge in [-0.15, -0.1) is 0 Å². The van der Waals surface area contributed by atoms with E-state index in [1.807, 2.05) is 13.8 Å². The third-order valence-electron chi connectivity index (χ3n) is 2.33. The second-order valence-electron chi connectivity index (χ2n) is 3.76. The molecule has 2 rings (SSSR count). The van der Waals surface area contributed by atoms with Gasteiger partial charge < -0.3 is 9.47 Å². The van der Waals surface area contributed by atoms with Crippen molar-refractivity contribution in [3.63, 3.8) is 0 Å². The lowest BCUT2D eigenvalue weighted by Crippen LogP contribution is -1.98. The van der Waals surface area contributed by atoms with Crippen LogP contribution >= 0.6 is 0 Å². The van der Waals surface area contributed by atoms with E-state index in [-0.39, 0.29) is 0 Å². The number of hydrogen-bond acceptors (Lipinski definition) is 5. The van der Waals surface area contributed by atoms with Crippen LogP contribution in [0.25, 0.3) is 0 Å². The van der Waals surface area contributed by atoms with Gasteiger partial charge in [0, 0.05) is 24.2 Å². The Balaban J connectivity index is 2.19. The van der Waals surface area contributed by atoms with Gasteiger partial charge in [0.25, 0.3) is 0 Å². The molecule has 0 atom stereocenters. The molecule has 0 spiro atoms. The maximum Gasteiger partial charge on any atom is 0.222 e. The third-order valence-corrected chi connectivity index (χ3v) is 2.33. The van der Waals surface area contributed by atoms with Crippen LogP contribution < -0.4 is 9.47 Å². The Bertz CT molecular complexity index is 526. The van der Waals surface area contributed by atoms with Crippen molar-refractivity contribution < 1.29 is 9.47 Å². The summed E-state index contributed by atoms with van der Waals surface area (Å²) in [5.41, 5.74) is 0.887. The average Bonchev–Trinajstić information content (AvgIpc) is 2.39. The van der Waals surface area contributed by atoms with E-state index in [0.717, 1.165) is 17.9 Å². The fraction of sp³-hybridized carbons (Fsp3) is 0.308. The Kier molecular flexibility index (Phi) is 3.72. The summed E-state index contributed by atoms with van der Waals surface area (Å²) in [7, 11) is 1.57.